The van der Waals surface area contributed by atoms with Crippen LogP contribution in [-0.4, -0.2) is 37.5 Å². The van der Waals surface area contributed by atoms with E-state index in [1.54, 1.807) is 7.05 Å². The van der Waals surface area contributed by atoms with Gasteiger partial charge in [-0.1, -0.05) is 0 Å². The maximum atomic E-state index is 12.8. The smallest absolute Gasteiger partial charge is 0.258 e. The number of hydrogen-bond acceptors (Lipinski definition) is 4. The maximum Gasteiger partial charge on any atom is 0.258 e. The van der Waals surface area contributed by atoms with Crippen molar-refractivity contribution in [1.82, 2.24) is 14.5 Å². The van der Waals surface area contributed by atoms with Crippen LogP contribution in [0, 0.1) is 0 Å². The molecule has 1 aliphatic carbocycles. The maximum absolute atomic E-state index is 12.8. The molecule has 6 nitrogen and oxygen atoms in total. The van der Waals surface area contributed by atoms with Crippen molar-refractivity contribution in [2.24, 2.45) is 7.05 Å². The molecule has 1 aliphatic heterocycles. The van der Waals surface area contributed by atoms with E-state index in [1.807, 2.05) is 0 Å². The Bertz CT molecular complexity index is 601. The Morgan fingerprint density at radius 1 is 1.19 bits per heavy atom. The Morgan fingerprint density at radius 3 is 2.86 bits per heavy atom. The van der Waals surface area contributed by atoms with Gasteiger partial charge in [0.2, 0.25) is 0 Å². The van der Waals surface area contributed by atoms with Gasteiger partial charge < -0.3 is 4.74 Å². The second-order valence-corrected chi connectivity index (χ2v) is 7.55. The summed E-state index contributed by atoms with van der Waals surface area (Å²) in [6.07, 6.45) is 6.30. The van der Waals surface area contributed by atoms with Crippen molar-refractivity contribution < 1.29 is 13.2 Å². The molecule has 0 radical (unpaired) electrons. The van der Waals surface area contributed by atoms with Crippen LogP contribution < -0.4 is 4.72 Å². The van der Waals surface area contributed by atoms with Gasteiger partial charge in [0.15, 0.2) is 5.03 Å². The Morgan fingerprint density at radius 2 is 2.00 bits per heavy atom. The highest BCUT2D eigenvalue weighted by molar-refractivity contribution is 7.89. The fourth-order valence-electron chi connectivity index (χ4n) is 3.28. The molecule has 118 valence electrons. The number of aromatic nitrogens is 2. The lowest BCUT2D eigenvalue weighted by atomic mass is 9.99. The number of hydrogen-bond donors (Lipinski definition) is 1. The molecule has 3 rings (SSSR count). The molecule has 1 atom stereocenters. The number of fused-ring (bicyclic) bond motifs is 1. The van der Waals surface area contributed by atoms with Crippen molar-refractivity contribution in [3.63, 3.8) is 0 Å². The minimum atomic E-state index is -3.51. The van der Waals surface area contributed by atoms with Crippen molar-refractivity contribution in [3.05, 3.63) is 11.3 Å². The number of rotatable bonds is 3. The molecule has 0 saturated carbocycles. The highest BCUT2D eigenvalue weighted by Gasteiger charge is 2.30. The first-order chi connectivity index (χ1) is 10.1. The summed E-state index contributed by atoms with van der Waals surface area (Å²) >= 11 is 0. The third kappa shape index (κ3) is 3.14. The van der Waals surface area contributed by atoms with Crippen LogP contribution in [0.4, 0.5) is 0 Å². The fourth-order valence-corrected chi connectivity index (χ4v) is 5.00. The van der Waals surface area contributed by atoms with Gasteiger partial charge in [0.05, 0.1) is 5.69 Å². The number of sulfonamides is 1. The van der Waals surface area contributed by atoms with Crippen LogP contribution in [0.2, 0.25) is 0 Å². The number of ether oxygens (including phenoxy) is 1. The average molecular weight is 313 g/mol. The molecule has 0 spiro atoms. The van der Waals surface area contributed by atoms with E-state index < -0.39 is 10.0 Å². The van der Waals surface area contributed by atoms with E-state index in [-0.39, 0.29) is 6.04 Å². The Labute approximate surface area is 125 Å². The van der Waals surface area contributed by atoms with Crippen LogP contribution >= 0.6 is 0 Å². The predicted octanol–water partition coefficient (Wildman–Crippen LogP) is 1.15. The summed E-state index contributed by atoms with van der Waals surface area (Å²) < 4.78 is 35.3. The highest BCUT2D eigenvalue weighted by Crippen LogP contribution is 2.27. The van der Waals surface area contributed by atoms with Crippen molar-refractivity contribution in [2.75, 3.05) is 13.2 Å². The first-order valence-electron chi connectivity index (χ1n) is 7.73. The predicted molar refractivity (Wildman–Crippen MR) is 78.6 cm³/mol. The topological polar surface area (TPSA) is 73.2 Å². The molecule has 0 amide bonds. The van der Waals surface area contributed by atoms with E-state index in [9.17, 15) is 8.42 Å². The molecular formula is C14H23N3O3S. The van der Waals surface area contributed by atoms with Gasteiger partial charge in [0, 0.05) is 31.9 Å². The average Bonchev–Trinajstić information content (AvgIpc) is 2.59. The summed E-state index contributed by atoms with van der Waals surface area (Å²) in [7, 11) is -1.78. The third-order valence-corrected chi connectivity index (χ3v) is 5.95. The Hall–Kier alpha value is -0.920. The zero-order valence-corrected chi connectivity index (χ0v) is 13.3. The summed E-state index contributed by atoms with van der Waals surface area (Å²) in [6, 6.07) is -0.0355. The van der Waals surface area contributed by atoms with Crippen LogP contribution in [-0.2, 0) is 34.6 Å². The number of nitrogens with zero attached hydrogens (tertiary/aromatic N) is 2. The van der Waals surface area contributed by atoms with Gasteiger partial charge in [-0.15, -0.1) is 0 Å². The summed E-state index contributed by atoms with van der Waals surface area (Å²) in [5.41, 5.74) is 1.87. The zero-order chi connectivity index (χ0) is 14.9. The van der Waals surface area contributed by atoms with Crippen molar-refractivity contribution in [1.29, 1.82) is 0 Å². The fraction of sp³-hybridized carbons (Fsp3) is 0.786. The van der Waals surface area contributed by atoms with Crippen LogP contribution in [0.5, 0.6) is 0 Å². The SMILES string of the molecule is Cn1nc2c(c1S(=O)(=O)NC1CCCOCC1)CCCC2. The first-order valence-corrected chi connectivity index (χ1v) is 9.21. The molecule has 2 aliphatic rings. The molecule has 0 bridgehead atoms. The van der Waals surface area contributed by atoms with Gasteiger partial charge >= 0.3 is 0 Å². The molecule has 1 fully saturated rings. The minimum Gasteiger partial charge on any atom is -0.381 e. The summed E-state index contributed by atoms with van der Waals surface area (Å²) in [5.74, 6) is 0. The van der Waals surface area contributed by atoms with Crippen molar-refractivity contribution in [3.8, 4) is 0 Å². The van der Waals surface area contributed by atoms with Crippen molar-refractivity contribution >= 4 is 10.0 Å². The number of nitrogens with one attached hydrogen (secondary N) is 1. The van der Waals surface area contributed by atoms with Gasteiger partial charge in [0.1, 0.15) is 0 Å². The van der Waals surface area contributed by atoms with Crippen molar-refractivity contribution in [2.45, 2.75) is 56.0 Å². The Kier molecular flexibility index (Phi) is 4.33. The second kappa shape index (κ2) is 6.06. The summed E-state index contributed by atoms with van der Waals surface area (Å²) in [5, 5.41) is 4.77. The molecule has 1 unspecified atom stereocenters. The lowest BCUT2D eigenvalue weighted by molar-refractivity contribution is 0.143. The van der Waals surface area contributed by atoms with Gasteiger partial charge in [0.25, 0.3) is 10.0 Å². The highest BCUT2D eigenvalue weighted by atomic mass is 32.2. The van der Waals surface area contributed by atoms with Crippen LogP contribution in [0.25, 0.3) is 0 Å². The van der Waals surface area contributed by atoms with E-state index in [2.05, 4.69) is 9.82 Å². The van der Waals surface area contributed by atoms with E-state index in [1.165, 1.54) is 4.68 Å². The third-order valence-electron chi connectivity index (χ3n) is 4.29. The summed E-state index contributed by atoms with van der Waals surface area (Å²) in [4.78, 5) is 0. The van der Waals surface area contributed by atoms with Gasteiger partial charge in [-0.05, 0) is 44.9 Å². The summed E-state index contributed by atoms with van der Waals surface area (Å²) in [6.45, 7) is 1.34. The molecule has 21 heavy (non-hydrogen) atoms. The molecule has 1 aromatic rings. The zero-order valence-electron chi connectivity index (χ0n) is 12.5. The van der Waals surface area contributed by atoms with E-state index in [0.717, 1.165) is 62.8 Å². The second-order valence-electron chi connectivity index (χ2n) is 5.92. The standard InChI is InChI=1S/C14H23N3O3S/c1-17-14(12-6-2-3-7-13(12)15-17)21(18,19)16-11-5-4-9-20-10-8-11/h11,16H,2-10H2,1H3. The van der Waals surface area contributed by atoms with E-state index in [4.69, 9.17) is 4.74 Å². The van der Waals surface area contributed by atoms with Gasteiger partial charge in [-0.25, -0.2) is 13.1 Å². The molecule has 1 saturated heterocycles. The monoisotopic (exact) mass is 313 g/mol. The largest absolute Gasteiger partial charge is 0.381 e. The minimum absolute atomic E-state index is 0.0355. The van der Waals surface area contributed by atoms with Crippen LogP contribution in [0.15, 0.2) is 5.03 Å². The van der Waals surface area contributed by atoms with E-state index in [0.29, 0.717) is 11.6 Å². The van der Waals surface area contributed by atoms with Gasteiger partial charge in [-0.2, -0.15) is 5.10 Å². The van der Waals surface area contributed by atoms with Crippen LogP contribution in [0.1, 0.15) is 43.4 Å². The molecular weight excluding hydrogens is 290 g/mol. The number of aryl methyl sites for hydroxylation is 2. The molecule has 2 heterocycles. The lowest BCUT2D eigenvalue weighted by Gasteiger charge is -2.17. The van der Waals surface area contributed by atoms with E-state index >= 15 is 0 Å². The quantitative estimate of drug-likeness (QED) is 0.908. The molecule has 0 aromatic carbocycles. The molecule has 7 heteroatoms. The normalized spacial score (nSPS) is 23.6. The molecule has 1 aromatic heterocycles. The Balaban J connectivity index is 1.86. The van der Waals surface area contributed by atoms with Gasteiger partial charge in [-0.3, -0.25) is 4.68 Å². The molecule has 1 N–H and O–H groups in total. The first kappa shape index (κ1) is 15.0. The van der Waals surface area contributed by atoms with Crippen LogP contribution in [0.3, 0.4) is 0 Å². The lowest BCUT2D eigenvalue weighted by Crippen LogP contribution is -2.36.